The molecule has 2 amide bonds. The molecular weight excluding hydrogens is 569 g/mol. The summed E-state index contributed by atoms with van der Waals surface area (Å²) in [7, 11) is 0. The van der Waals surface area contributed by atoms with Crippen LogP contribution < -0.4 is 10.6 Å². The van der Waals surface area contributed by atoms with Crippen molar-refractivity contribution in [2.24, 2.45) is 10.2 Å². The number of nitrogens with zero attached hydrogens (tertiary/aromatic N) is 5. The molecule has 1 aromatic heterocycles. The second-order valence-corrected chi connectivity index (χ2v) is 10.3. The summed E-state index contributed by atoms with van der Waals surface area (Å²) >= 11 is 13.3. The Kier molecular flexibility index (Phi) is 10.1. The van der Waals surface area contributed by atoms with E-state index in [9.17, 15) is 9.59 Å². The topological polar surface area (TPSA) is 114 Å². The highest BCUT2D eigenvalue weighted by molar-refractivity contribution is 7.99. The maximum absolute atomic E-state index is 12.8. The first-order valence-corrected chi connectivity index (χ1v) is 13.9. The Labute approximate surface area is 245 Å². The van der Waals surface area contributed by atoms with E-state index in [0.717, 1.165) is 5.69 Å². The van der Waals surface area contributed by atoms with E-state index >= 15 is 0 Å². The van der Waals surface area contributed by atoms with Gasteiger partial charge in [0, 0.05) is 17.3 Å². The third kappa shape index (κ3) is 7.78. The van der Waals surface area contributed by atoms with Crippen LogP contribution in [0.25, 0.3) is 0 Å². The summed E-state index contributed by atoms with van der Waals surface area (Å²) in [5.74, 6) is 0.0355. The van der Waals surface area contributed by atoms with Gasteiger partial charge in [-0.3, -0.25) is 9.59 Å². The third-order valence-corrected chi connectivity index (χ3v) is 7.00. The smallest absolute Gasteiger partial charge is 0.253 e. The van der Waals surface area contributed by atoms with Crippen molar-refractivity contribution in [3.05, 3.63) is 107 Å². The fraction of sp³-hybridized carbons (Fsp3) is 0.143. The predicted octanol–water partition coefficient (Wildman–Crippen LogP) is 7.41. The van der Waals surface area contributed by atoms with Gasteiger partial charge >= 0.3 is 0 Å². The number of rotatable bonds is 11. The lowest BCUT2D eigenvalue weighted by atomic mass is 10.2. The van der Waals surface area contributed by atoms with Crippen molar-refractivity contribution in [3.63, 3.8) is 0 Å². The Hall–Kier alpha value is -3.99. The molecule has 9 nitrogen and oxygen atoms in total. The lowest BCUT2D eigenvalue weighted by Gasteiger charge is -2.16. The van der Waals surface area contributed by atoms with Gasteiger partial charge in [0.1, 0.15) is 0 Å². The molecular formula is C28H25Cl2N7O2S. The highest BCUT2D eigenvalue weighted by Gasteiger charge is 2.21. The molecule has 0 aliphatic rings. The van der Waals surface area contributed by atoms with Crippen LogP contribution in [0.4, 0.5) is 17.1 Å². The van der Waals surface area contributed by atoms with Crippen LogP contribution in [-0.2, 0) is 11.3 Å². The third-order valence-electron chi connectivity index (χ3n) is 5.49. The molecule has 204 valence electrons. The summed E-state index contributed by atoms with van der Waals surface area (Å²) in [4.78, 5) is 25.4. The van der Waals surface area contributed by atoms with Crippen molar-refractivity contribution in [1.82, 2.24) is 20.1 Å². The number of benzene rings is 3. The van der Waals surface area contributed by atoms with Crippen LogP contribution in [-0.4, -0.2) is 32.3 Å². The maximum Gasteiger partial charge on any atom is 0.253 e. The average molecular weight is 595 g/mol. The molecule has 3 aromatic carbocycles. The highest BCUT2D eigenvalue weighted by Crippen LogP contribution is 2.25. The standard InChI is InChI=1S/C28H25Cl2N7O2S/c1-3-15-37-26(18(2)31-27(39)23-14-9-19(29)16-24(23)30)35-36-28(37)40-17-25(38)32-20-10-12-22(13-11-20)34-33-21-7-5-4-6-8-21/h3-14,16,18H,1,15,17H2,2H3,(H,31,39)(H,32,38)/t18-/m0/s1. The molecule has 0 radical (unpaired) electrons. The molecule has 12 heteroatoms. The summed E-state index contributed by atoms with van der Waals surface area (Å²) in [5.41, 5.74) is 2.36. The molecule has 1 heterocycles. The van der Waals surface area contributed by atoms with Crippen molar-refractivity contribution in [1.29, 1.82) is 0 Å². The fourth-order valence-corrected chi connectivity index (χ4v) is 4.84. The lowest BCUT2D eigenvalue weighted by Crippen LogP contribution is -2.29. The number of carbonyl (C=O) groups excluding carboxylic acids is 2. The van der Waals surface area contributed by atoms with Crippen molar-refractivity contribution in [2.75, 3.05) is 11.1 Å². The van der Waals surface area contributed by atoms with Gasteiger partial charge in [0.2, 0.25) is 5.91 Å². The molecule has 1 atom stereocenters. The van der Waals surface area contributed by atoms with Crippen LogP contribution in [0, 0.1) is 0 Å². The van der Waals surface area contributed by atoms with Crippen LogP contribution in [0.15, 0.2) is 101 Å². The van der Waals surface area contributed by atoms with Crippen molar-refractivity contribution < 1.29 is 9.59 Å². The largest absolute Gasteiger partial charge is 0.342 e. The second-order valence-electron chi connectivity index (χ2n) is 8.48. The molecule has 2 N–H and O–H groups in total. The van der Waals surface area contributed by atoms with Crippen molar-refractivity contribution in [2.45, 2.75) is 24.7 Å². The molecule has 0 spiro atoms. The molecule has 0 saturated heterocycles. The zero-order valence-corrected chi connectivity index (χ0v) is 23.7. The zero-order chi connectivity index (χ0) is 28.5. The Morgan fingerprint density at radius 1 is 1.02 bits per heavy atom. The van der Waals surface area contributed by atoms with Gasteiger partial charge in [-0.25, -0.2) is 0 Å². The van der Waals surface area contributed by atoms with E-state index in [0.29, 0.717) is 39.5 Å². The molecule has 4 rings (SSSR count). The van der Waals surface area contributed by atoms with Gasteiger partial charge in [-0.2, -0.15) is 10.2 Å². The number of hydrogen-bond donors (Lipinski definition) is 2. The quantitative estimate of drug-likeness (QED) is 0.107. The number of amides is 2. The summed E-state index contributed by atoms with van der Waals surface area (Å²) in [6.07, 6.45) is 1.69. The number of allylic oxidation sites excluding steroid dienone is 1. The first-order valence-electron chi connectivity index (χ1n) is 12.1. The number of nitrogens with one attached hydrogen (secondary N) is 2. The van der Waals surface area contributed by atoms with E-state index in [-0.39, 0.29) is 22.6 Å². The Balaban J connectivity index is 1.35. The minimum Gasteiger partial charge on any atom is -0.342 e. The highest BCUT2D eigenvalue weighted by atomic mass is 35.5. The molecule has 0 fully saturated rings. The first-order chi connectivity index (χ1) is 19.3. The van der Waals surface area contributed by atoms with Crippen LogP contribution in [0.2, 0.25) is 10.0 Å². The predicted molar refractivity (Wildman–Crippen MR) is 159 cm³/mol. The van der Waals surface area contributed by atoms with Crippen LogP contribution >= 0.6 is 35.0 Å². The van der Waals surface area contributed by atoms with Crippen molar-refractivity contribution >= 4 is 63.8 Å². The van der Waals surface area contributed by atoms with E-state index in [1.807, 2.05) is 30.3 Å². The molecule has 4 aromatic rings. The molecule has 0 bridgehead atoms. The Morgan fingerprint density at radius 2 is 1.73 bits per heavy atom. The van der Waals surface area contributed by atoms with E-state index in [1.54, 1.807) is 54.0 Å². The summed E-state index contributed by atoms with van der Waals surface area (Å²) in [6, 6.07) is 20.7. The molecule has 0 unspecified atom stereocenters. The molecule has 0 saturated carbocycles. The van der Waals surface area contributed by atoms with Gasteiger partial charge in [0.25, 0.3) is 5.91 Å². The van der Waals surface area contributed by atoms with Gasteiger partial charge < -0.3 is 15.2 Å². The van der Waals surface area contributed by atoms with Gasteiger partial charge in [-0.1, -0.05) is 59.2 Å². The second kappa shape index (κ2) is 13.9. The van der Waals surface area contributed by atoms with E-state index < -0.39 is 6.04 Å². The van der Waals surface area contributed by atoms with Gasteiger partial charge in [-0.05, 0) is 61.5 Å². The van der Waals surface area contributed by atoms with Crippen LogP contribution in [0.5, 0.6) is 0 Å². The number of azo groups is 1. The molecule has 0 aliphatic heterocycles. The number of thioether (sulfide) groups is 1. The minimum absolute atomic E-state index is 0.103. The number of aromatic nitrogens is 3. The fourth-order valence-electron chi connectivity index (χ4n) is 3.59. The van der Waals surface area contributed by atoms with E-state index in [2.05, 4.69) is 37.6 Å². The average Bonchev–Trinajstić information content (AvgIpc) is 3.35. The van der Waals surface area contributed by atoms with E-state index in [1.165, 1.54) is 17.8 Å². The first kappa shape index (κ1) is 29.0. The summed E-state index contributed by atoms with van der Waals surface area (Å²) in [5, 5.41) is 23.8. The Morgan fingerprint density at radius 3 is 2.40 bits per heavy atom. The maximum atomic E-state index is 12.8. The normalized spacial score (nSPS) is 11.8. The monoisotopic (exact) mass is 593 g/mol. The minimum atomic E-state index is -0.493. The zero-order valence-electron chi connectivity index (χ0n) is 21.4. The molecule has 0 aliphatic carbocycles. The summed E-state index contributed by atoms with van der Waals surface area (Å²) in [6.45, 7) is 5.98. The SMILES string of the molecule is C=CCn1c(SCC(=O)Nc2ccc(N=Nc3ccccc3)cc2)nnc1[C@H](C)NC(=O)c1ccc(Cl)cc1Cl. The summed E-state index contributed by atoms with van der Waals surface area (Å²) < 4.78 is 1.80. The Bertz CT molecular complexity index is 1530. The van der Waals surface area contributed by atoms with E-state index in [4.69, 9.17) is 23.2 Å². The van der Waals surface area contributed by atoms with Gasteiger partial charge in [-0.15, -0.1) is 16.8 Å². The van der Waals surface area contributed by atoms with Crippen molar-refractivity contribution in [3.8, 4) is 0 Å². The van der Waals surface area contributed by atoms with Gasteiger partial charge in [0.15, 0.2) is 11.0 Å². The molecule has 40 heavy (non-hydrogen) atoms. The van der Waals surface area contributed by atoms with Crippen LogP contribution in [0.1, 0.15) is 29.1 Å². The number of carbonyl (C=O) groups is 2. The lowest BCUT2D eigenvalue weighted by molar-refractivity contribution is -0.113. The number of hydrogen-bond acceptors (Lipinski definition) is 7. The van der Waals surface area contributed by atoms with Crippen LogP contribution in [0.3, 0.4) is 0 Å². The number of anilines is 1. The number of halogens is 2. The van der Waals surface area contributed by atoms with Gasteiger partial charge in [0.05, 0.1) is 33.8 Å².